The number of ether oxygens (including phenoxy) is 3. The first-order valence-corrected chi connectivity index (χ1v) is 5.42. The van der Waals surface area contributed by atoms with Crippen molar-refractivity contribution in [2.24, 2.45) is 5.92 Å². The van der Waals surface area contributed by atoms with Gasteiger partial charge in [-0.1, -0.05) is 6.92 Å². The molecule has 14 heavy (non-hydrogen) atoms. The fourth-order valence-electron chi connectivity index (χ4n) is 2.44. The quantitative estimate of drug-likeness (QED) is 0.638. The van der Waals surface area contributed by atoms with E-state index in [1.54, 1.807) is 0 Å². The molecule has 2 heterocycles. The van der Waals surface area contributed by atoms with E-state index in [0.29, 0.717) is 18.1 Å². The van der Waals surface area contributed by atoms with Gasteiger partial charge in [-0.05, 0) is 27.7 Å². The predicted octanol–water partition coefficient (Wildman–Crippen LogP) is 1.95. The molecule has 2 aliphatic rings. The van der Waals surface area contributed by atoms with Gasteiger partial charge in [-0.25, -0.2) is 0 Å². The second-order valence-electron chi connectivity index (χ2n) is 4.97. The Morgan fingerprint density at radius 3 is 1.93 bits per heavy atom. The fraction of sp³-hybridized carbons (Fsp3) is 1.00. The number of rotatable bonds is 2. The maximum absolute atomic E-state index is 5.87. The fourth-order valence-corrected chi connectivity index (χ4v) is 2.44. The van der Waals surface area contributed by atoms with Crippen molar-refractivity contribution < 1.29 is 14.2 Å². The van der Waals surface area contributed by atoms with Crippen molar-refractivity contribution in [1.29, 1.82) is 0 Å². The molecule has 0 unspecified atom stereocenters. The third kappa shape index (κ3) is 1.81. The Morgan fingerprint density at radius 2 is 1.57 bits per heavy atom. The zero-order valence-corrected chi connectivity index (χ0v) is 9.61. The number of hydrogen-bond donors (Lipinski definition) is 0. The minimum absolute atomic E-state index is 0.163. The van der Waals surface area contributed by atoms with Crippen LogP contribution in [0.1, 0.15) is 34.6 Å². The Hall–Kier alpha value is -0.120. The molecular weight excluding hydrogens is 180 g/mol. The van der Waals surface area contributed by atoms with Crippen LogP contribution in [-0.2, 0) is 14.2 Å². The van der Waals surface area contributed by atoms with Crippen LogP contribution in [0.2, 0.25) is 0 Å². The molecule has 2 fully saturated rings. The van der Waals surface area contributed by atoms with Crippen molar-refractivity contribution >= 4 is 0 Å². The summed E-state index contributed by atoms with van der Waals surface area (Å²) < 4.78 is 17.1. The highest BCUT2D eigenvalue weighted by atomic mass is 16.8. The average Bonchev–Trinajstić information content (AvgIpc) is 2.69. The largest absolute Gasteiger partial charge is 0.369 e. The van der Waals surface area contributed by atoms with E-state index in [1.807, 2.05) is 13.8 Å². The van der Waals surface area contributed by atoms with Gasteiger partial charge in [0.1, 0.15) is 0 Å². The van der Waals surface area contributed by atoms with Crippen LogP contribution < -0.4 is 0 Å². The molecule has 0 aliphatic carbocycles. The summed E-state index contributed by atoms with van der Waals surface area (Å²) in [5.74, 6) is -0.0157. The van der Waals surface area contributed by atoms with Gasteiger partial charge in [0.2, 0.25) is 0 Å². The molecule has 0 spiro atoms. The van der Waals surface area contributed by atoms with Crippen LogP contribution in [0.5, 0.6) is 0 Å². The lowest BCUT2D eigenvalue weighted by Gasteiger charge is -2.20. The molecule has 0 aromatic rings. The van der Waals surface area contributed by atoms with Gasteiger partial charge in [0.05, 0.1) is 24.4 Å². The smallest absolute Gasteiger partial charge is 0.163 e. The van der Waals surface area contributed by atoms with Gasteiger partial charge in [-0.15, -0.1) is 0 Å². The van der Waals surface area contributed by atoms with Crippen LogP contribution in [0, 0.1) is 5.92 Å². The molecule has 5 atom stereocenters. The second-order valence-corrected chi connectivity index (χ2v) is 4.97. The highest BCUT2D eigenvalue weighted by molar-refractivity contribution is 4.93. The summed E-state index contributed by atoms with van der Waals surface area (Å²) in [6.07, 6.45) is 1.08. The third-order valence-electron chi connectivity index (χ3n) is 3.15. The highest BCUT2D eigenvalue weighted by Crippen LogP contribution is 2.39. The third-order valence-corrected chi connectivity index (χ3v) is 3.15. The maximum Gasteiger partial charge on any atom is 0.163 e. The van der Waals surface area contributed by atoms with E-state index >= 15 is 0 Å². The van der Waals surface area contributed by atoms with E-state index in [2.05, 4.69) is 20.8 Å². The molecular formula is C11H20O3. The zero-order valence-electron chi connectivity index (χ0n) is 9.61. The van der Waals surface area contributed by atoms with Crippen LogP contribution in [0.3, 0.4) is 0 Å². The molecule has 0 aromatic heterocycles. The normalized spacial score (nSPS) is 47.8. The molecule has 82 valence electrons. The van der Waals surface area contributed by atoms with Gasteiger partial charge in [0, 0.05) is 5.92 Å². The molecule has 3 nitrogen and oxygen atoms in total. The van der Waals surface area contributed by atoms with Gasteiger partial charge in [-0.2, -0.15) is 0 Å². The van der Waals surface area contributed by atoms with Crippen molar-refractivity contribution in [3.05, 3.63) is 0 Å². The SMILES string of the molecule is C[C@H]([C@H]1O[C@H]1C)[C@@H]1OC(C)(C)O[C@@H]1C. The topological polar surface area (TPSA) is 31.0 Å². The first-order chi connectivity index (χ1) is 6.41. The first-order valence-electron chi connectivity index (χ1n) is 5.42. The molecule has 2 aliphatic heterocycles. The van der Waals surface area contributed by atoms with E-state index in [9.17, 15) is 0 Å². The monoisotopic (exact) mass is 200 g/mol. The Balaban J connectivity index is 1.98. The lowest BCUT2D eigenvalue weighted by Crippen LogP contribution is -2.31. The van der Waals surface area contributed by atoms with Crippen molar-refractivity contribution in [2.75, 3.05) is 0 Å². The van der Waals surface area contributed by atoms with E-state index in [4.69, 9.17) is 14.2 Å². The van der Waals surface area contributed by atoms with Crippen molar-refractivity contribution in [3.63, 3.8) is 0 Å². The standard InChI is InChI=1S/C11H20O3/c1-6(9-7(2)12-9)10-8(3)13-11(4,5)14-10/h6-10H,1-5H3/t6-,7+,8-,9-,10+/m1/s1. The van der Waals surface area contributed by atoms with Crippen molar-refractivity contribution in [1.82, 2.24) is 0 Å². The number of epoxide rings is 1. The van der Waals surface area contributed by atoms with E-state index in [0.717, 1.165) is 0 Å². The molecule has 0 radical (unpaired) electrons. The number of hydrogen-bond acceptors (Lipinski definition) is 3. The summed E-state index contributed by atoms with van der Waals surface area (Å²) in [7, 11) is 0. The van der Waals surface area contributed by atoms with Gasteiger partial charge in [-0.3, -0.25) is 0 Å². The Bertz CT molecular complexity index is 227. The van der Waals surface area contributed by atoms with Crippen LogP contribution >= 0.6 is 0 Å². The van der Waals surface area contributed by atoms with Crippen molar-refractivity contribution in [3.8, 4) is 0 Å². The second kappa shape index (κ2) is 3.19. The molecule has 0 aromatic carbocycles. The van der Waals surface area contributed by atoms with E-state index in [-0.39, 0.29) is 12.2 Å². The van der Waals surface area contributed by atoms with Gasteiger partial charge < -0.3 is 14.2 Å². The molecule has 2 rings (SSSR count). The van der Waals surface area contributed by atoms with Crippen LogP contribution in [-0.4, -0.2) is 30.2 Å². The molecule has 0 N–H and O–H groups in total. The maximum atomic E-state index is 5.87. The summed E-state index contributed by atoms with van der Waals surface area (Å²) in [5, 5.41) is 0. The summed E-state index contributed by atoms with van der Waals surface area (Å²) in [5.41, 5.74) is 0. The lowest BCUT2D eigenvalue weighted by molar-refractivity contribution is -0.149. The minimum atomic E-state index is -0.434. The Kier molecular flexibility index (Phi) is 2.37. The van der Waals surface area contributed by atoms with Gasteiger partial charge in [0.15, 0.2) is 5.79 Å². The molecule has 0 bridgehead atoms. The minimum Gasteiger partial charge on any atom is -0.369 e. The predicted molar refractivity (Wildman–Crippen MR) is 53.0 cm³/mol. The van der Waals surface area contributed by atoms with Gasteiger partial charge >= 0.3 is 0 Å². The summed E-state index contributed by atoms with van der Waals surface area (Å²) in [6.45, 7) is 10.3. The average molecular weight is 200 g/mol. The molecule has 3 heteroatoms. The zero-order chi connectivity index (χ0) is 10.5. The first kappa shape index (κ1) is 10.4. The van der Waals surface area contributed by atoms with Crippen molar-refractivity contribution in [2.45, 2.75) is 64.8 Å². The Morgan fingerprint density at radius 1 is 1.00 bits per heavy atom. The van der Waals surface area contributed by atoms with Crippen LogP contribution in [0.4, 0.5) is 0 Å². The lowest BCUT2D eigenvalue weighted by atomic mass is 9.96. The van der Waals surface area contributed by atoms with E-state index in [1.165, 1.54) is 0 Å². The van der Waals surface area contributed by atoms with Crippen LogP contribution in [0.15, 0.2) is 0 Å². The summed E-state index contributed by atoms with van der Waals surface area (Å²) >= 11 is 0. The Labute approximate surface area is 85.7 Å². The highest BCUT2D eigenvalue weighted by Gasteiger charge is 2.49. The molecule has 2 saturated heterocycles. The van der Waals surface area contributed by atoms with E-state index < -0.39 is 5.79 Å². The van der Waals surface area contributed by atoms with Crippen LogP contribution in [0.25, 0.3) is 0 Å². The molecule has 0 saturated carbocycles. The molecule has 0 amide bonds. The van der Waals surface area contributed by atoms with Gasteiger partial charge in [0.25, 0.3) is 0 Å². The summed E-state index contributed by atoms with van der Waals surface area (Å²) in [4.78, 5) is 0. The summed E-state index contributed by atoms with van der Waals surface area (Å²) in [6, 6.07) is 0.